The number of halogens is 1. The van der Waals surface area contributed by atoms with Gasteiger partial charge in [0.25, 0.3) is 0 Å². The standard InChI is InChI=1S/C12H9ClN2O2/c1-17-11-6-10(14-15-12(11)13)9-4-2-8(7-16)3-5-9/h2-7H,1H3. The molecule has 0 saturated heterocycles. The van der Waals surface area contributed by atoms with Crippen molar-refractivity contribution in [3.8, 4) is 17.0 Å². The van der Waals surface area contributed by atoms with Gasteiger partial charge in [-0.25, -0.2) is 0 Å². The highest BCUT2D eigenvalue weighted by atomic mass is 35.5. The van der Waals surface area contributed by atoms with Crippen LogP contribution in [0.25, 0.3) is 11.3 Å². The van der Waals surface area contributed by atoms with Gasteiger partial charge in [0.2, 0.25) is 0 Å². The summed E-state index contributed by atoms with van der Waals surface area (Å²) < 4.78 is 5.06. The van der Waals surface area contributed by atoms with E-state index in [1.165, 1.54) is 7.11 Å². The normalized spacial score (nSPS) is 10.0. The Morgan fingerprint density at radius 3 is 2.53 bits per heavy atom. The fourth-order valence-corrected chi connectivity index (χ4v) is 1.55. The first-order valence-electron chi connectivity index (χ1n) is 4.87. The highest BCUT2D eigenvalue weighted by Gasteiger charge is 2.07. The first-order valence-corrected chi connectivity index (χ1v) is 5.25. The van der Waals surface area contributed by atoms with Crippen molar-refractivity contribution in [3.05, 3.63) is 41.0 Å². The number of aldehydes is 1. The summed E-state index contributed by atoms with van der Waals surface area (Å²) in [6, 6.07) is 8.71. The molecule has 1 aromatic heterocycles. The predicted octanol–water partition coefficient (Wildman–Crippen LogP) is 2.62. The molecule has 1 heterocycles. The average Bonchev–Trinajstić information content (AvgIpc) is 2.39. The number of hydrogen-bond acceptors (Lipinski definition) is 4. The lowest BCUT2D eigenvalue weighted by molar-refractivity contribution is 0.112. The zero-order valence-electron chi connectivity index (χ0n) is 9.05. The molecule has 86 valence electrons. The highest BCUT2D eigenvalue weighted by molar-refractivity contribution is 6.30. The SMILES string of the molecule is COc1cc(-c2ccc(C=O)cc2)nnc1Cl. The first kappa shape index (κ1) is 11.5. The largest absolute Gasteiger partial charge is 0.493 e. The summed E-state index contributed by atoms with van der Waals surface area (Å²) in [4.78, 5) is 10.5. The molecule has 0 N–H and O–H groups in total. The Morgan fingerprint density at radius 2 is 1.94 bits per heavy atom. The molecule has 5 heteroatoms. The van der Waals surface area contributed by atoms with Crippen LogP contribution in [0.2, 0.25) is 5.15 Å². The van der Waals surface area contributed by atoms with Gasteiger partial charge < -0.3 is 4.74 Å². The number of carbonyl (C=O) groups excluding carboxylic acids is 1. The fraction of sp³-hybridized carbons (Fsp3) is 0.0833. The van der Waals surface area contributed by atoms with Crippen LogP contribution >= 0.6 is 11.6 Å². The highest BCUT2D eigenvalue weighted by Crippen LogP contribution is 2.26. The summed E-state index contributed by atoms with van der Waals surface area (Å²) in [5, 5.41) is 7.98. The van der Waals surface area contributed by atoms with Gasteiger partial charge in [0.15, 0.2) is 10.9 Å². The fourth-order valence-electron chi connectivity index (χ4n) is 1.38. The summed E-state index contributed by atoms with van der Waals surface area (Å²) >= 11 is 5.79. The monoisotopic (exact) mass is 248 g/mol. The summed E-state index contributed by atoms with van der Waals surface area (Å²) in [5.74, 6) is 0.469. The molecule has 0 atom stereocenters. The molecular formula is C12H9ClN2O2. The molecule has 0 aliphatic rings. The van der Waals surface area contributed by atoms with E-state index < -0.39 is 0 Å². The van der Waals surface area contributed by atoms with Crippen LogP contribution in [0.4, 0.5) is 0 Å². The molecule has 0 aliphatic carbocycles. The molecule has 0 amide bonds. The van der Waals surface area contributed by atoms with E-state index in [1.54, 1.807) is 30.3 Å². The Morgan fingerprint density at radius 1 is 1.24 bits per heavy atom. The van der Waals surface area contributed by atoms with E-state index in [4.69, 9.17) is 16.3 Å². The summed E-state index contributed by atoms with van der Waals surface area (Å²) in [6.45, 7) is 0. The van der Waals surface area contributed by atoms with Gasteiger partial charge in [0.05, 0.1) is 12.8 Å². The van der Waals surface area contributed by atoms with Gasteiger partial charge >= 0.3 is 0 Å². The van der Waals surface area contributed by atoms with Gasteiger partial charge in [0, 0.05) is 17.2 Å². The maximum Gasteiger partial charge on any atom is 0.193 e. The minimum absolute atomic E-state index is 0.223. The van der Waals surface area contributed by atoms with Crippen LogP contribution in [0, 0.1) is 0 Å². The first-order chi connectivity index (χ1) is 8.24. The molecule has 0 saturated carbocycles. The van der Waals surface area contributed by atoms with Crippen molar-refractivity contribution in [3.63, 3.8) is 0 Å². The lowest BCUT2D eigenvalue weighted by Crippen LogP contribution is -1.93. The van der Waals surface area contributed by atoms with Crippen LogP contribution in [0.3, 0.4) is 0 Å². The maximum atomic E-state index is 10.5. The van der Waals surface area contributed by atoms with E-state index in [2.05, 4.69) is 10.2 Å². The number of hydrogen-bond donors (Lipinski definition) is 0. The van der Waals surface area contributed by atoms with Crippen LogP contribution in [-0.2, 0) is 0 Å². The van der Waals surface area contributed by atoms with E-state index in [1.807, 2.05) is 0 Å². The van der Waals surface area contributed by atoms with Crippen molar-refractivity contribution in [2.75, 3.05) is 7.11 Å². The smallest absolute Gasteiger partial charge is 0.193 e. The van der Waals surface area contributed by atoms with Crippen molar-refractivity contribution in [2.24, 2.45) is 0 Å². The summed E-state index contributed by atoms with van der Waals surface area (Å²) in [5.41, 5.74) is 2.10. The Balaban J connectivity index is 2.41. The zero-order chi connectivity index (χ0) is 12.3. The lowest BCUT2D eigenvalue weighted by atomic mass is 10.1. The molecule has 4 nitrogen and oxygen atoms in total. The van der Waals surface area contributed by atoms with Crippen molar-refractivity contribution in [2.45, 2.75) is 0 Å². The van der Waals surface area contributed by atoms with E-state index in [9.17, 15) is 4.79 Å². The van der Waals surface area contributed by atoms with E-state index in [0.717, 1.165) is 11.8 Å². The van der Waals surface area contributed by atoms with E-state index in [0.29, 0.717) is 17.0 Å². The zero-order valence-corrected chi connectivity index (χ0v) is 9.81. The molecule has 0 aliphatic heterocycles. The maximum absolute atomic E-state index is 10.5. The van der Waals surface area contributed by atoms with Gasteiger partial charge in [-0.3, -0.25) is 4.79 Å². The van der Waals surface area contributed by atoms with Gasteiger partial charge in [0.1, 0.15) is 6.29 Å². The second kappa shape index (κ2) is 4.93. The van der Waals surface area contributed by atoms with E-state index in [-0.39, 0.29) is 5.15 Å². The van der Waals surface area contributed by atoms with Crippen molar-refractivity contribution in [1.82, 2.24) is 10.2 Å². The summed E-state index contributed by atoms with van der Waals surface area (Å²) in [6.07, 6.45) is 0.790. The number of aromatic nitrogens is 2. The number of benzene rings is 1. The third-order valence-electron chi connectivity index (χ3n) is 2.28. The van der Waals surface area contributed by atoms with Crippen LogP contribution in [-0.4, -0.2) is 23.6 Å². The Kier molecular flexibility index (Phi) is 3.35. The van der Waals surface area contributed by atoms with Gasteiger partial charge in [-0.2, -0.15) is 0 Å². The quantitative estimate of drug-likeness (QED) is 0.784. The molecule has 1 aromatic carbocycles. The van der Waals surface area contributed by atoms with Crippen LogP contribution in [0.5, 0.6) is 5.75 Å². The van der Waals surface area contributed by atoms with Gasteiger partial charge in [-0.1, -0.05) is 35.9 Å². The van der Waals surface area contributed by atoms with Crippen LogP contribution in [0.1, 0.15) is 10.4 Å². The molecular weight excluding hydrogens is 240 g/mol. The Hall–Kier alpha value is -1.94. The molecule has 2 rings (SSSR count). The Labute approximate surface area is 103 Å². The molecule has 0 bridgehead atoms. The molecule has 0 spiro atoms. The molecule has 0 unspecified atom stereocenters. The number of nitrogens with zero attached hydrogens (tertiary/aromatic N) is 2. The van der Waals surface area contributed by atoms with Crippen molar-refractivity contribution >= 4 is 17.9 Å². The Bertz CT molecular complexity index is 541. The topological polar surface area (TPSA) is 52.1 Å². The molecule has 17 heavy (non-hydrogen) atoms. The van der Waals surface area contributed by atoms with Crippen molar-refractivity contribution < 1.29 is 9.53 Å². The number of ether oxygens (including phenoxy) is 1. The second-order valence-electron chi connectivity index (χ2n) is 3.33. The van der Waals surface area contributed by atoms with Gasteiger partial charge in [-0.05, 0) is 0 Å². The summed E-state index contributed by atoms with van der Waals surface area (Å²) in [7, 11) is 1.52. The third-order valence-corrected chi connectivity index (χ3v) is 2.54. The molecule has 0 fully saturated rings. The molecule has 0 radical (unpaired) electrons. The number of methoxy groups -OCH3 is 1. The minimum Gasteiger partial charge on any atom is -0.493 e. The van der Waals surface area contributed by atoms with Gasteiger partial charge in [-0.15, -0.1) is 10.2 Å². The van der Waals surface area contributed by atoms with Crippen LogP contribution in [0.15, 0.2) is 30.3 Å². The number of rotatable bonds is 3. The number of carbonyl (C=O) groups is 1. The third kappa shape index (κ3) is 2.42. The average molecular weight is 249 g/mol. The second-order valence-corrected chi connectivity index (χ2v) is 3.69. The lowest BCUT2D eigenvalue weighted by Gasteiger charge is -2.04. The van der Waals surface area contributed by atoms with Crippen LogP contribution < -0.4 is 4.74 Å². The molecule has 2 aromatic rings. The predicted molar refractivity (Wildman–Crippen MR) is 64.4 cm³/mol. The van der Waals surface area contributed by atoms with Crippen molar-refractivity contribution in [1.29, 1.82) is 0 Å². The minimum atomic E-state index is 0.223. The van der Waals surface area contributed by atoms with E-state index >= 15 is 0 Å².